The third-order valence-corrected chi connectivity index (χ3v) is 6.12. The Morgan fingerprint density at radius 1 is 1.03 bits per heavy atom. The van der Waals surface area contributed by atoms with Crippen molar-refractivity contribution in [3.05, 3.63) is 35.9 Å². The van der Waals surface area contributed by atoms with Crippen molar-refractivity contribution in [2.75, 3.05) is 0 Å². The average molecular weight is 401 g/mol. The Labute approximate surface area is 175 Å². The number of hydrogen-bond donors (Lipinski definition) is 3. The van der Waals surface area contributed by atoms with Gasteiger partial charge in [0.2, 0.25) is 0 Å². The van der Waals surface area contributed by atoms with Gasteiger partial charge in [0.05, 0.1) is 12.2 Å². The van der Waals surface area contributed by atoms with Gasteiger partial charge in [-0.3, -0.25) is 4.79 Å². The normalized spacial score (nSPS) is 24.7. The van der Waals surface area contributed by atoms with E-state index >= 15 is 0 Å². The van der Waals surface area contributed by atoms with Crippen LogP contribution in [0.1, 0.15) is 70.3 Å². The van der Waals surface area contributed by atoms with E-state index in [0.29, 0.717) is 12.8 Å². The molecule has 1 aromatic carbocycles. The molecule has 0 spiro atoms. The molecule has 3 N–H and O–H groups in total. The fourth-order valence-electron chi connectivity index (χ4n) is 4.43. The van der Waals surface area contributed by atoms with E-state index in [1.54, 1.807) is 0 Å². The van der Waals surface area contributed by atoms with E-state index in [0.717, 1.165) is 44.9 Å². The molecule has 1 aromatic rings. The highest BCUT2D eigenvalue weighted by atomic mass is 16.4. The molecular formula is C25H36O4. The Morgan fingerprint density at radius 3 is 2.38 bits per heavy atom. The fourth-order valence-corrected chi connectivity index (χ4v) is 4.43. The first kappa shape index (κ1) is 23.4. The van der Waals surface area contributed by atoms with Crippen molar-refractivity contribution >= 4 is 5.97 Å². The quantitative estimate of drug-likeness (QED) is 0.379. The lowest BCUT2D eigenvalue weighted by Gasteiger charge is -2.24. The van der Waals surface area contributed by atoms with Gasteiger partial charge in [-0.2, -0.15) is 0 Å². The number of unbranched alkanes of at least 4 members (excludes halogenated alkanes) is 3. The number of hydrogen-bond acceptors (Lipinski definition) is 3. The van der Waals surface area contributed by atoms with Crippen LogP contribution in [0, 0.1) is 29.6 Å². The van der Waals surface area contributed by atoms with Crippen molar-refractivity contribution in [1.29, 1.82) is 0 Å². The molecule has 4 heteroatoms. The van der Waals surface area contributed by atoms with Crippen molar-refractivity contribution < 1.29 is 20.1 Å². The smallest absolute Gasteiger partial charge is 0.303 e. The molecular weight excluding hydrogens is 364 g/mol. The Kier molecular flexibility index (Phi) is 10.2. The minimum absolute atomic E-state index is 0.141. The van der Waals surface area contributed by atoms with Crippen molar-refractivity contribution in [3.8, 4) is 11.8 Å². The molecule has 29 heavy (non-hydrogen) atoms. The van der Waals surface area contributed by atoms with E-state index in [9.17, 15) is 15.0 Å². The van der Waals surface area contributed by atoms with Gasteiger partial charge in [0.15, 0.2) is 0 Å². The number of carbonyl (C=O) groups is 1. The molecule has 5 atom stereocenters. The molecule has 2 rings (SSSR count). The molecule has 1 saturated carbocycles. The van der Waals surface area contributed by atoms with Crippen LogP contribution in [0.15, 0.2) is 30.3 Å². The number of benzene rings is 1. The van der Waals surface area contributed by atoms with E-state index < -0.39 is 18.2 Å². The summed E-state index contributed by atoms with van der Waals surface area (Å²) in [6, 6.07) is 10.2. The van der Waals surface area contributed by atoms with Crippen LogP contribution in [-0.2, 0) is 11.2 Å². The van der Waals surface area contributed by atoms with Crippen molar-refractivity contribution in [2.24, 2.45) is 17.8 Å². The highest BCUT2D eigenvalue weighted by Gasteiger charge is 2.40. The SMILES string of the molecule is CC(C#CCc1ccccc1)CC[C@@H]1[C@@H](CCCCCCC(=O)O)[C@@H](O)C[C@H]1O. The Balaban J connectivity index is 1.73. The summed E-state index contributed by atoms with van der Waals surface area (Å²) in [6.45, 7) is 2.13. The van der Waals surface area contributed by atoms with E-state index in [4.69, 9.17) is 5.11 Å². The molecule has 0 radical (unpaired) electrons. The lowest BCUT2D eigenvalue weighted by Crippen LogP contribution is -2.22. The van der Waals surface area contributed by atoms with Crippen LogP contribution in [0.2, 0.25) is 0 Å². The summed E-state index contributed by atoms with van der Waals surface area (Å²) in [6.07, 6.45) is 6.96. The zero-order valence-electron chi connectivity index (χ0n) is 17.6. The van der Waals surface area contributed by atoms with Crippen LogP contribution in [0.3, 0.4) is 0 Å². The van der Waals surface area contributed by atoms with Crippen LogP contribution in [-0.4, -0.2) is 33.5 Å². The maximum Gasteiger partial charge on any atom is 0.303 e. The zero-order chi connectivity index (χ0) is 21.1. The lowest BCUT2D eigenvalue weighted by molar-refractivity contribution is -0.137. The van der Waals surface area contributed by atoms with Gasteiger partial charge in [-0.25, -0.2) is 0 Å². The second-order valence-electron chi connectivity index (χ2n) is 8.51. The Bertz CT molecular complexity index is 660. The highest BCUT2D eigenvalue weighted by molar-refractivity contribution is 5.66. The van der Waals surface area contributed by atoms with Crippen molar-refractivity contribution in [3.63, 3.8) is 0 Å². The first-order valence-electron chi connectivity index (χ1n) is 11.1. The van der Waals surface area contributed by atoms with Gasteiger partial charge in [0.1, 0.15) is 0 Å². The van der Waals surface area contributed by atoms with Crippen LogP contribution in [0.25, 0.3) is 0 Å². The molecule has 0 aliphatic heterocycles. The largest absolute Gasteiger partial charge is 0.481 e. The highest BCUT2D eigenvalue weighted by Crippen LogP contribution is 2.39. The molecule has 0 amide bonds. The van der Waals surface area contributed by atoms with Crippen molar-refractivity contribution in [1.82, 2.24) is 0 Å². The van der Waals surface area contributed by atoms with Gasteiger partial charge in [0.25, 0.3) is 0 Å². The van der Waals surface area contributed by atoms with Gasteiger partial charge < -0.3 is 15.3 Å². The van der Waals surface area contributed by atoms with Crippen LogP contribution in [0.4, 0.5) is 0 Å². The van der Waals surface area contributed by atoms with Gasteiger partial charge in [-0.05, 0) is 49.5 Å². The van der Waals surface area contributed by atoms with E-state index in [-0.39, 0.29) is 24.2 Å². The number of aliphatic carboxylic acids is 1. The molecule has 160 valence electrons. The van der Waals surface area contributed by atoms with Crippen LogP contribution < -0.4 is 0 Å². The number of carboxylic acid groups (broad SMARTS) is 1. The van der Waals surface area contributed by atoms with E-state index in [2.05, 4.69) is 30.9 Å². The first-order valence-corrected chi connectivity index (χ1v) is 11.1. The fraction of sp³-hybridized carbons (Fsp3) is 0.640. The summed E-state index contributed by atoms with van der Waals surface area (Å²) in [4.78, 5) is 10.6. The van der Waals surface area contributed by atoms with Gasteiger partial charge in [0, 0.05) is 18.8 Å². The standard InChI is InChI=1S/C25H36O4/c1-19(10-9-13-20-11-5-4-6-12-20)16-17-22-21(23(26)18-24(22)27)14-7-2-3-8-15-25(28)29/h4-6,11-12,19,21-24,26-27H,2-3,7-8,13-18H2,1H3,(H,28,29)/t19?,21-,22-,23+,24-/m1/s1. The molecule has 1 unspecified atom stereocenters. The van der Waals surface area contributed by atoms with E-state index in [1.807, 2.05) is 18.2 Å². The van der Waals surface area contributed by atoms with Crippen LogP contribution >= 0.6 is 0 Å². The molecule has 0 bridgehead atoms. The Morgan fingerprint density at radius 2 is 1.69 bits per heavy atom. The molecule has 0 aromatic heterocycles. The van der Waals surface area contributed by atoms with Gasteiger partial charge in [-0.15, -0.1) is 0 Å². The van der Waals surface area contributed by atoms with Crippen molar-refractivity contribution in [2.45, 2.75) is 83.3 Å². The number of rotatable bonds is 11. The average Bonchev–Trinajstić information content (AvgIpc) is 2.96. The summed E-state index contributed by atoms with van der Waals surface area (Å²) in [5, 5.41) is 29.5. The predicted molar refractivity (Wildman–Crippen MR) is 115 cm³/mol. The number of aliphatic hydroxyl groups is 2. The minimum atomic E-state index is -0.736. The second kappa shape index (κ2) is 12.7. The van der Waals surface area contributed by atoms with Gasteiger partial charge in [-0.1, -0.05) is 68.4 Å². The molecule has 0 heterocycles. The van der Waals surface area contributed by atoms with Crippen LogP contribution in [0.5, 0.6) is 0 Å². The summed E-state index contributed by atoms with van der Waals surface area (Å²) in [5.41, 5.74) is 1.23. The third-order valence-electron chi connectivity index (χ3n) is 6.12. The third kappa shape index (κ3) is 8.60. The maximum atomic E-state index is 10.6. The number of aliphatic hydroxyl groups excluding tert-OH is 2. The molecule has 1 aliphatic carbocycles. The summed E-state index contributed by atoms with van der Waals surface area (Å²) in [7, 11) is 0. The molecule has 1 fully saturated rings. The second-order valence-corrected chi connectivity index (χ2v) is 8.51. The topological polar surface area (TPSA) is 77.8 Å². The molecule has 0 saturated heterocycles. The molecule has 1 aliphatic rings. The minimum Gasteiger partial charge on any atom is -0.481 e. The maximum absolute atomic E-state index is 10.6. The van der Waals surface area contributed by atoms with Gasteiger partial charge >= 0.3 is 5.97 Å². The zero-order valence-corrected chi connectivity index (χ0v) is 17.6. The summed E-state index contributed by atoms with van der Waals surface area (Å²) >= 11 is 0. The number of carboxylic acids is 1. The predicted octanol–water partition coefficient (Wildman–Crippen LogP) is 4.43. The lowest BCUT2D eigenvalue weighted by atomic mass is 9.84. The summed E-state index contributed by atoms with van der Waals surface area (Å²) < 4.78 is 0. The van der Waals surface area contributed by atoms with E-state index in [1.165, 1.54) is 5.56 Å². The Hall–Kier alpha value is -1.83. The summed E-state index contributed by atoms with van der Waals surface area (Å²) in [5.74, 6) is 6.43. The monoisotopic (exact) mass is 400 g/mol. The molecule has 4 nitrogen and oxygen atoms in total. The first-order chi connectivity index (χ1) is 14.0.